The van der Waals surface area contributed by atoms with Gasteiger partial charge in [0.15, 0.2) is 0 Å². The Morgan fingerprint density at radius 2 is 1.85 bits per heavy atom. The van der Waals surface area contributed by atoms with Crippen LogP contribution >= 0.6 is 11.6 Å². The summed E-state index contributed by atoms with van der Waals surface area (Å²) in [6.07, 6.45) is -1.88. The highest BCUT2D eigenvalue weighted by Crippen LogP contribution is 2.72. The van der Waals surface area contributed by atoms with Crippen LogP contribution in [-0.2, 0) is 12.7 Å². The Kier molecular flexibility index (Phi) is 5.75. The highest BCUT2D eigenvalue weighted by molar-refractivity contribution is 6.32. The lowest BCUT2D eigenvalue weighted by Gasteiger charge is -2.40. The van der Waals surface area contributed by atoms with E-state index in [-0.39, 0.29) is 40.2 Å². The second-order valence-corrected chi connectivity index (χ2v) is 10.6. The molecule has 2 aromatic carbocycles. The van der Waals surface area contributed by atoms with Gasteiger partial charge in [-0.15, -0.1) is 0 Å². The summed E-state index contributed by atoms with van der Waals surface area (Å²) >= 11 is 5.83. The van der Waals surface area contributed by atoms with E-state index in [0.29, 0.717) is 23.2 Å². The molecule has 0 spiro atoms. The van der Waals surface area contributed by atoms with Gasteiger partial charge in [0.05, 0.1) is 10.6 Å². The molecule has 3 unspecified atom stereocenters. The van der Waals surface area contributed by atoms with Gasteiger partial charge < -0.3 is 20.6 Å². The fourth-order valence-corrected chi connectivity index (χ4v) is 6.31. The van der Waals surface area contributed by atoms with Gasteiger partial charge in [0.25, 0.3) is 0 Å². The highest BCUT2D eigenvalue weighted by atomic mass is 35.5. The van der Waals surface area contributed by atoms with E-state index in [1.54, 1.807) is 0 Å². The molecule has 2 aliphatic carbocycles. The number of aromatic hydroxyl groups is 2. The molecule has 4 N–H and O–H groups in total. The highest BCUT2D eigenvalue weighted by Gasteiger charge is 2.62. The van der Waals surface area contributed by atoms with E-state index in [9.17, 15) is 33.3 Å². The van der Waals surface area contributed by atoms with Gasteiger partial charge in [0.2, 0.25) is 0 Å². The molecule has 0 heterocycles. The lowest BCUT2D eigenvalue weighted by Crippen LogP contribution is -2.31. The molecule has 9 heteroatoms. The number of phenols is 2. The predicted molar refractivity (Wildman–Crippen MR) is 122 cm³/mol. The average Bonchev–Trinajstić information content (AvgIpc) is 3.07. The maximum Gasteiger partial charge on any atom is 0.416 e. The summed E-state index contributed by atoms with van der Waals surface area (Å²) in [5.41, 5.74) is -0.613. The normalized spacial score (nSPS) is 25.5. The first-order chi connectivity index (χ1) is 15.7. The van der Waals surface area contributed by atoms with E-state index in [2.05, 4.69) is 26.1 Å². The van der Waals surface area contributed by atoms with Gasteiger partial charge in [-0.2, -0.15) is 13.2 Å². The number of carboxylic acid groups (broad SMARTS) is 1. The lowest BCUT2D eigenvalue weighted by atomic mass is 9.64. The van der Waals surface area contributed by atoms with Crippen LogP contribution in [0.25, 0.3) is 0 Å². The van der Waals surface area contributed by atoms with Crippen LogP contribution in [-0.4, -0.2) is 21.3 Å². The summed E-state index contributed by atoms with van der Waals surface area (Å²) in [4.78, 5) is 11.7. The molecule has 184 valence electrons. The zero-order chi connectivity index (χ0) is 25.2. The van der Waals surface area contributed by atoms with Crippen LogP contribution in [0, 0.1) is 16.7 Å². The molecule has 0 radical (unpaired) electrons. The number of anilines is 1. The van der Waals surface area contributed by atoms with Crippen molar-refractivity contribution in [3.8, 4) is 11.5 Å². The quantitative estimate of drug-likeness (QED) is 0.357. The van der Waals surface area contributed by atoms with Crippen LogP contribution in [0.15, 0.2) is 24.3 Å². The monoisotopic (exact) mass is 497 g/mol. The van der Waals surface area contributed by atoms with Gasteiger partial charge in [-0.25, -0.2) is 4.79 Å². The molecule has 2 fully saturated rings. The van der Waals surface area contributed by atoms with Crippen LogP contribution in [0.5, 0.6) is 11.5 Å². The Morgan fingerprint density at radius 3 is 2.38 bits per heavy atom. The van der Waals surface area contributed by atoms with Gasteiger partial charge in [-0.05, 0) is 66.2 Å². The number of fused-ring (bicyclic) bond motifs is 2. The number of nitrogens with one attached hydrogen (secondary N) is 1. The first-order valence-electron chi connectivity index (χ1n) is 11.1. The number of hydrogen-bond donors (Lipinski definition) is 4. The fraction of sp³-hybridized carbons (Fsp3) is 0.480. The molecule has 2 aliphatic rings. The van der Waals surface area contributed by atoms with Crippen molar-refractivity contribution in [3.63, 3.8) is 0 Å². The maximum absolute atomic E-state index is 13.2. The van der Waals surface area contributed by atoms with Crippen LogP contribution < -0.4 is 5.32 Å². The van der Waals surface area contributed by atoms with Crippen molar-refractivity contribution in [2.75, 3.05) is 5.32 Å². The maximum atomic E-state index is 13.2. The minimum atomic E-state index is -4.64. The Bertz CT molecular complexity index is 1160. The second-order valence-electron chi connectivity index (χ2n) is 10.2. The number of halogens is 4. The molecule has 4 rings (SSSR count). The van der Waals surface area contributed by atoms with Gasteiger partial charge in [0, 0.05) is 23.4 Å². The number of carboxylic acids is 1. The Balaban J connectivity index is 1.76. The topological polar surface area (TPSA) is 89.8 Å². The third-order valence-corrected chi connectivity index (χ3v) is 8.82. The van der Waals surface area contributed by atoms with Crippen LogP contribution in [0.4, 0.5) is 18.9 Å². The third kappa shape index (κ3) is 3.67. The van der Waals surface area contributed by atoms with Crippen LogP contribution in [0.2, 0.25) is 5.02 Å². The van der Waals surface area contributed by atoms with E-state index in [1.807, 2.05) is 0 Å². The van der Waals surface area contributed by atoms with Crippen molar-refractivity contribution in [1.29, 1.82) is 0 Å². The standard InChI is InChI=1S/C25H27ClF3NO4/c1-23(2)13-6-7-24(23,3)16(9-13)19-18(5-4-15(21(19)32)22(33)34)30-11-12-8-14(25(27,28)29)10-17(26)20(12)31/h4-5,8,10,13,16,30-32H,6-7,9,11H2,1-3H3,(H,33,34). The number of alkyl halides is 3. The van der Waals surface area contributed by atoms with Gasteiger partial charge >= 0.3 is 12.1 Å². The molecular weight excluding hydrogens is 471 g/mol. The number of aromatic carboxylic acids is 1. The van der Waals surface area contributed by atoms with Crippen molar-refractivity contribution in [1.82, 2.24) is 0 Å². The molecular formula is C25H27ClF3NO4. The van der Waals surface area contributed by atoms with Gasteiger partial charge in [0.1, 0.15) is 17.1 Å². The molecule has 2 bridgehead atoms. The lowest BCUT2D eigenvalue weighted by molar-refractivity contribution is -0.137. The predicted octanol–water partition coefficient (Wildman–Crippen LogP) is 7.01. The zero-order valence-electron chi connectivity index (χ0n) is 19.1. The zero-order valence-corrected chi connectivity index (χ0v) is 19.8. The van der Waals surface area contributed by atoms with E-state index in [1.165, 1.54) is 12.1 Å². The third-order valence-electron chi connectivity index (χ3n) is 8.53. The molecule has 0 saturated heterocycles. The second kappa shape index (κ2) is 7.97. The summed E-state index contributed by atoms with van der Waals surface area (Å²) in [5.74, 6) is -1.79. The Labute approximate surface area is 200 Å². The van der Waals surface area contributed by atoms with Gasteiger partial charge in [-0.3, -0.25) is 0 Å². The largest absolute Gasteiger partial charge is 0.507 e. The number of carbonyl (C=O) groups is 1. The average molecular weight is 498 g/mol. The smallest absolute Gasteiger partial charge is 0.416 e. The van der Waals surface area contributed by atoms with Gasteiger partial charge in [-0.1, -0.05) is 32.4 Å². The fourth-order valence-electron chi connectivity index (χ4n) is 6.07. The van der Waals surface area contributed by atoms with Crippen molar-refractivity contribution in [2.24, 2.45) is 16.7 Å². The SMILES string of the molecule is CC1(C)C2CCC1(C)C(c1c(NCc3cc(C(F)(F)F)cc(Cl)c3O)ccc(C(=O)O)c1O)C2. The molecule has 0 aromatic heterocycles. The van der Waals surface area contributed by atoms with Crippen LogP contribution in [0.1, 0.15) is 73.0 Å². The van der Waals surface area contributed by atoms with E-state index in [0.717, 1.165) is 25.3 Å². The molecule has 0 aliphatic heterocycles. The minimum Gasteiger partial charge on any atom is -0.507 e. The molecule has 5 nitrogen and oxygen atoms in total. The summed E-state index contributed by atoms with van der Waals surface area (Å²) in [6, 6.07) is 4.27. The Hall–Kier alpha value is -2.61. The van der Waals surface area contributed by atoms with E-state index >= 15 is 0 Å². The van der Waals surface area contributed by atoms with Crippen molar-refractivity contribution >= 4 is 23.3 Å². The number of rotatable bonds is 5. The van der Waals surface area contributed by atoms with Crippen molar-refractivity contribution < 1.29 is 33.3 Å². The van der Waals surface area contributed by atoms with Crippen LogP contribution in [0.3, 0.4) is 0 Å². The summed E-state index contributed by atoms with van der Waals surface area (Å²) in [5, 5.41) is 33.4. The molecule has 3 atom stereocenters. The number of phenolic OH excluding ortho intramolecular Hbond substituents is 1. The number of benzene rings is 2. The first kappa shape index (κ1) is 24.5. The summed E-state index contributed by atoms with van der Waals surface area (Å²) < 4.78 is 39.7. The molecule has 2 aromatic rings. The van der Waals surface area contributed by atoms with E-state index < -0.39 is 28.5 Å². The molecule has 0 amide bonds. The molecule has 34 heavy (non-hydrogen) atoms. The number of hydrogen-bond acceptors (Lipinski definition) is 4. The van der Waals surface area contributed by atoms with Crippen molar-refractivity contribution in [2.45, 2.75) is 58.7 Å². The minimum absolute atomic E-state index is 0.0204. The molecule has 2 saturated carbocycles. The Morgan fingerprint density at radius 1 is 1.18 bits per heavy atom. The van der Waals surface area contributed by atoms with Crippen molar-refractivity contribution in [3.05, 3.63) is 51.5 Å². The summed E-state index contributed by atoms with van der Waals surface area (Å²) in [6.45, 7) is 6.33. The summed E-state index contributed by atoms with van der Waals surface area (Å²) in [7, 11) is 0. The van der Waals surface area contributed by atoms with E-state index in [4.69, 9.17) is 11.6 Å². The first-order valence-corrected chi connectivity index (χ1v) is 11.5.